The molecule has 0 bridgehead atoms. The van der Waals surface area contributed by atoms with E-state index in [1.54, 1.807) is 31.2 Å². The number of hydrogen-bond donors (Lipinski definition) is 2. The van der Waals surface area contributed by atoms with E-state index in [9.17, 15) is 14.9 Å². The summed E-state index contributed by atoms with van der Waals surface area (Å²) in [6, 6.07) is 14.0. The van der Waals surface area contributed by atoms with Gasteiger partial charge in [0.1, 0.15) is 6.33 Å². The molecule has 0 fully saturated rings. The summed E-state index contributed by atoms with van der Waals surface area (Å²) < 4.78 is 4.95. The van der Waals surface area contributed by atoms with Gasteiger partial charge in [0.25, 0.3) is 0 Å². The molecule has 3 rings (SSSR count). The van der Waals surface area contributed by atoms with E-state index in [0.29, 0.717) is 22.9 Å². The summed E-state index contributed by atoms with van der Waals surface area (Å²) in [5.41, 5.74) is 2.47. The molecule has 160 valence electrons. The van der Waals surface area contributed by atoms with Crippen LogP contribution in [-0.2, 0) is 4.74 Å². The Morgan fingerprint density at radius 2 is 1.52 bits per heavy atom. The Morgan fingerprint density at radius 1 is 1.00 bits per heavy atom. The first-order chi connectivity index (χ1) is 14.9. The van der Waals surface area contributed by atoms with Crippen molar-refractivity contribution in [1.82, 2.24) is 9.97 Å². The number of ether oxygens (including phenoxy) is 1. The molecule has 1 aromatic heterocycles. The second kappa shape index (κ2) is 9.66. The number of rotatable bonds is 8. The molecule has 0 saturated heterocycles. The molecule has 3 aromatic rings. The molecule has 0 saturated carbocycles. The average molecular weight is 421 g/mol. The predicted molar refractivity (Wildman–Crippen MR) is 118 cm³/mol. The normalized spacial score (nSPS) is 10.6. The molecule has 2 aromatic carbocycles. The monoisotopic (exact) mass is 421 g/mol. The highest BCUT2D eigenvalue weighted by Gasteiger charge is 2.23. The predicted octanol–water partition coefficient (Wildman–Crippen LogP) is 5.17. The number of nitro groups is 1. The molecular weight excluding hydrogens is 398 g/mol. The Bertz CT molecular complexity index is 1070. The Balaban J connectivity index is 1.84. The van der Waals surface area contributed by atoms with E-state index >= 15 is 0 Å². The number of benzene rings is 2. The quantitative estimate of drug-likeness (QED) is 0.290. The molecule has 9 nitrogen and oxygen atoms in total. The zero-order chi connectivity index (χ0) is 22.4. The second-order valence-electron chi connectivity index (χ2n) is 7.00. The van der Waals surface area contributed by atoms with Crippen molar-refractivity contribution in [2.45, 2.75) is 26.7 Å². The van der Waals surface area contributed by atoms with E-state index in [1.165, 1.54) is 6.33 Å². The molecule has 1 heterocycles. The molecule has 0 aliphatic carbocycles. The van der Waals surface area contributed by atoms with Crippen LogP contribution in [0, 0.1) is 10.1 Å². The largest absolute Gasteiger partial charge is 0.462 e. The summed E-state index contributed by atoms with van der Waals surface area (Å²) in [7, 11) is 0. The second-order valence-corrected chi connectivity index (χ2v) is 7.00. The van der Waals surface area contributed by atoms with Crippen molar-refractivity contribution >= 4 is 34.7 Å². The van der Waals surface area contributed by atoms with Gasteiger partial charge in [0.15, 0.2) is 0 Å². The number of aromatic nitrogens is 2. The van der Waals surface area contributed by atoms with E-state index in [2.05, 4.69) is 34.4 Å². The van der Waals surface area contributed by atoms with Gasteiger partial charge < -0.3 is 15.4 Å². The number of carbonyl (C=O) groups excluding carboxylic acids is 1. The molecule has 9 heteroatoms. The molecular formula is C22H23N5O4. The minimum atomic E-state index is -0.542. The third kappa shape index (κ3) is 5.33. The summed E-state index contributed by atoms with van der Waals surface area (Å²) in [5, 5.41) is 17.7. The molecule has 0 radical (unpaired) electrons. The summed E-state index contributed by atoms with van der Waals surface area (Å²) >= 11 is 0. The topological polar surface area (TPSA) is 119 Å². The van der Waals surface area contributed by atoms with E-state index < -0.39 is 10.9 Å². The van der Waals surface area contributed by atoms with Crippen LogP contribution in [0.25, 0.3) is 0 Å². The summed E-state index contributed by atoms with van der Waals surface area (Å²) in [6.07, 6.45) is 1.24. The van der Waals surface area contributed by atoms with E-state index in [4.69, 9.17) is 4.74 Å². The van der Waals surface area contributed by atoms with Crippen LogP contribution < -0.4 is 10.6 Å². The van der Waals surface area contributed by atoms with Crippen LogP contribution in [0.3, 0.4) is 0 Å². The van der Waals surface area contributed by atoms with Crippen molar-refractivity contribution in [2.75, 3.05) is 17.2 Å². The van der Waals surface area contributed by atoms with Crippen LogP contribution >= 0.6 is 0 Å². The first kappa shape index (κ1) is 21.7. The molecule has 0 amide bonds. The van der Waals surface area contributed by atoms with E-state index in [1.807, 2.05) is 24.3 Å². The zero-order valence-electron chi connectivity index (χ0n) is 17.5. The van der Waals surface area contributed by atoms with Crippen molar-refractivity contribution in [3.63, 3.8) is 0 Å². The maximum Gasteiger partial charge on any atom is 0.353 e. The van der Waals surface area contributed by atoms with Crippen LogP contribution in [0.2, 0.25) is 0 Å². The Hall–Kier alpha value is -4.01. The molecule has 2 N–H and O–H groups in total. The molecule has 0 spiro atoms. The number of nitrogens with one attached hydrogen (secondary N) is 2. The Kier molecular flexibility index (Phi) is 6.76. The lowest BCUT2D eigenvalue weighted by molar-refractivity contribution is -0.383. The van der Waals surface area contributed by atoms with Gasteiger partial charge in [-0.05, 0) is 54.8 Å². The molecule has 0 aliphatic heterocycles. The number of nitrogens with zero attached hydrogens (tertiary/aromatic N) is 3. The number of hydrogen-bond acceptors (Lipinski definition) is 8. The Morgan fingerprint density at radius 3 is 1.97 bits per heavy atom. The SMILES string of the molecule is CCOC(=O)c1ccc(Nc2ncnc(Nc3ccc(C(C)C)cc3)c2[N+](=O)[O-])cc1. The van der Waals surface area contributed by atoms with Gasteiger partial charge in [0, 0.05) is 11.4 Å². The van der Waals surface area contributed by atoms with Gasteiger partial charge >= 0.3 is 11.7 Å². The summed E-state index contributed by atoms with van der Waals surface area (Å²) in [5.74, 6) is 0.0543. The van der Waals surface area contributed by atoms with Crippen LogP contribution in [0.15, 0.2) is 54.9 Å². The number of esters is 1. The van der Waals surface area contributed by atoms with Gasteiger partial charge in [-0.2, -0.15) is 0 Å². The first-order valence-corrected chi connectivity index (χ1v) is 9.79. The van der Waals surface area contributed by atoms with Crippen molar-refractivity contribution in [1.29, 1.82) is 0 Å². The van der Waals surface area contributed by atoms with Crippen LogP contribution in [0.4, 0.5) is 28.7 Å². The lowest BCUT2D eigenvalue weighted by atomic mass is 10.0. The van der Waals surface area contributed by atoms with Crippen molar-refractivity contribution in [3.8, 4) is 0 Å². The highest BCUT2D eigenvalue weighted by molar-refractivity contribution is 5.90. The fourth-order valence-electron chi connectivity index (χ4n) is 2.86. The molecule has 0 atom stereocenters. The van der Waals surface area contributed by atoms with E-state index in [-0.39, 0.29) is 23.9 Å². The van der Waals surface area contributed by atoms with Crippen molar-refractivity contribution in [3.05, 3.63) is 76.1 Å². The van der Waals surface area contributed by atoms with Gasteiger partial charge in [-0.1, -0.05) is 26.0 Å². The van der Waals surface area contributed by atoms with Gasteiger partial charge in [-0.25, -0.2) is 14.8 Å². The van der Waals surface area contributed by atoms with Crippen LogP contribution in [0.5, 0.6) is 0 Å². The average Bonchev–Trinajstić information content (AvgIpc) is 2.75. The highest BCUT2D eigenvalue weighted by atomic mass is 16.6. The van der Waals surface area contributed by atoms with Gasteiger partial charge in [-0.15, -0.1) is 0 Å². The van der Waals surface area contributed by atoms with Gasteiger partial charge in [-0.3, -0.25) is 10.1 Å². The van der Waals surface area contributed by atoms with E-state index in [0.717, 1.165) is 5.56 Å². The number of carbonyl (C=O) groups is 1. The molecule has 31 heavy (non-hydrogen) atoms. The van der Waals surface area contributed by atoms with Gasteiger partial charge in [0.2, 0.25) is 11.6 Å². The number of anilines is 4. The lowest BCUT2D eigenvalue weighted by Gasteiger charge is -2.11. The minimum Gasteiger partial charge on any atom is -0.462 e. The Labute approximate surface area is 179 Å². The summed E-state index contributed by atoms with van der Waals surface area (Å²) in [4.78, 5) is 31.1. The minimum absolute atomic E-state index is 0.0326. The fourth-order valence-corrected chi connectivity index (χ4v) is 2.86. The highest BCUT2D eigenvalue weighted by Crippen LogP contribution is 2.33. The van der Waals surface area contributed by atoms with Gasteiger partial charge in [0.05, 0.1) is 17.1 Å². The first-order valence-electron chi connectivity index (χ1n) is 9.79. The fraction of sp³-hybridized carbons (Fsp3) is 0.227. The molecule has 0 unspecified atom stereocenters. The molecule has 0 aliphatic rings. The van der Waals surface area contributed by atoms with Crippen molar-refractivity contribution in [2.24, 2.45) is 0 Å². The lowest BCUT2D eigenvalue weighted by Crippen LogP contribution is -2.06. The third-order valence-corrected chi connectivity index (χ3v) is 4.50. The maximum atomic E-state index is 11.8. The maximum absolute atomic E-state index is 11.8. The van der Waals surface area contributed by atoms with Crippen LogP contribution in [0.1, 0.15) is 42.6 Å². The third-order valence-electron chi connectivity index (χ3n) is 4.50. The standard InChI is InChI=1S/C22H23N5O4/c1-4-31-22(28)16-7-11-18(12-8-16)26-21-19(27(29)30)20(23-13-24-21)25-17-9-5-15(6-10-17)14(2)3/h5-14H,4H2,1-3H3,(H2,23,24,25,26). The van der Waals surface area contributed by atoms with Crippen molar-refractivity contribution < 1.29 is 14.5 Å². The zero-order valence-corrected chi connectivity index (χ0v) is 17.5. The van der Waals surface area contributed by atoms with Crippen LogP contribution in [-0.4, -0.2) is 27.5 Å². The summed E-state index contributed by atoms with van der Waals surface area (Å²) in [6.45, 7) is 6.19. The smallest absolute Gasteiger partial charge is 0.353 e.